The van der Waals surface area contributed by atoms with E-state index in [4.69, 9.17) is 0 Å². The van der Waals surface area contributed by atoms with Crippen LogP contribution in [0.1, 0.15) is 12.6 Å². The van der Waals surface area contributed by atoms with Gasteiger partial charge in [0.2, 0.25) is 0 Å². The van der Waals surface area contributed by atoms with Crippen LogP contribution in [0, 0.1) is 6.92 Å². The molecule has 12 heavy (non-hydrogen) atoms. The molecule has 0 unspecified atom stereocenters. The van der Waals surface area contributed by atoms with Crippen molar-refractivity contribution in [2.45, 2.75) is 13.8 Å². The van der Waals surface area contributed by atoms with E-state index in [1.165, 1.54) is 0 Å². The van der Waals surface area contributed by atoms with Gasteiger partial charge in [0.1, 0.15) is 0 Å². The van der Waals surface area contributed by atoms with Crippen molar-refractivity contribution in [1.82, 2.24) is 4.98 Å². The summed E-state index contributed by atoms with van der Waals surface area (Å²) in [5, 5.41) is 0. The number of nitrogens with zero attached hydrogens (tertiary/aromatic N) is 1. The van der Waals surface area contributed by atoms with Crippen molar-refractivity contribution in [1.29, 1.82) is 0 Å². The average molecular weight is 167 g/mol. The van der Waals surface area contributed by atoms with Crippen LogP contribution in [0.4, 0.5) is 0 Å². The molecule has 0 radical (unpaired) electrons. The molecule has 0 aliphatic rings. The lowest BCUT2D eigenvalue weighted by atomic mass is 10.4. The van der Waals surface area contributed by atoms with Crippen molar-refractivity contribution in [3.05, 3.63) is 30.1 Å². The van der Waals surface area contributed by atoms with Gasteiger partial charge in [0, 0.05) is 11.9 Å². The van der Waals surface area contributed by atoms with E-state index in [-0.39, 0.29) is 0 Å². The van der Waals surface area contributed by atoms with Crippen LogP contribution >= 0.6 is 0 Å². The van der Waals surface area contributed by atoms with Gasteiger partial charge in [-0.25, -0.2) is 0 Å². The Morgan fingerprint density at radius 2 is 2.33 bits per heavy atom. The molecule has 1 heterocycles. The topological polar surface area (TPSA) is 39.2 Å². The number of carbonyl (C=O) groups is 1. The molecule has 0 aliphatic carbocycles. The predicted molar refractivity (Wildman–Crippen MR) is 46.7 cm³/mol. The lowest BCUT2D eigenvalue weighted by Gasteiger charge is -1.82. The van der Waals surface area contributed by atoms with Crippen LogP contribution in [0.15, 0.2) is 24.4 Å². The summed E-state index contributed by atoms with van der Waals surface area (Å²) in [7, 11) is 0. The van der Waals surface area contributed by atoms with Crippen LogP contribution in [0.2, 0.25) is 0 Å². The quantitative estimate of drug-likeness (QED) is 0.627. The Kier molecular flexibility index (Phi) is 6.84. The Hall–Kier alpha value is -1.38. The van der Waals surface area contributed by atoms with Crippen molar-refractivity contribution in [2.75, 3.05) is 6.61 Å². The second kappa shape index (κ2) is 7.72. The molecular formula is C9H13NO2. The fourth-order valence-corrected chi connectivity index (χ4v) is 0.516. The Labute approximate surface area is 72.4 Å². The maximum Gasteiger partial charge on any atom is 0.293 e. The van der Waals surface area contributed by atoms with E-state index >= 15 is 0 Å². The van der Waals surface area contributed by atoms with E-state index in [0.29, 0.717) is 13.1 Å². The third-order valence-electron chi connectivity index (χ3n) is 1.05. The zero-order valence-corrected chi connectivity index (χ0v) is 7.36. The molecule has 1 aromatic rings. The van der Waals surface area contributed by atoms with Gasteiger partial charge in [-0.05, 0) is 26.0 Å². The van der Waals surface area contributed by atoms with Gasteiger partial charge in [-0.2, -0.15) is 0 Å². The SMILES string of the molecule is CCOC=O.Cc1ccccn1. The van der Waals surface area contributed by atoms with E-state index in [1.54, 1.807) is 13.1 Å². The molecule has 0 spiro atoms. The normalized spacial score (nSPS) is 7.83. The molecule has 0 aromatic carbocycles. The zero-order valence-electron chi connectivity index (χ0n) is 7.36. The lowest BCUT2D eigenvalue weighted by molar-refractivity contribution is -0.128. The highest BCUT2D eigenvalue weighted by Gasteiger charge is 1.73. The first-order valence-electron chi connectivity index (χ1n) is 3.74. The van der Waals surface area contributed by atoms with Gasteiger partial charge in [-0.3, -0.25) is 9.78 Å². The minimum absolute atomic E-state index is 0.431. The molecule has 3 heteroatoms. The van der Waals surface area contributed by atoms with Gasteiger partial charge in [0.15, 0.2) is 0 Å². The molecule has 0 N–H and O–H groups in total. The van der Waals surface area contributed by atoms with Gasteiger partial charge >= 0.3 is 0 Å². The first-order valence-corrected chi connectivity index (χ1v) is 3.74. The highest BCUT2D eigenvalue weighted by molar-refractivity contribution is 5.36. The number of pyridine rings is 1. The van der Waals surface area contributed by atoms with Crippen molar-refractivity contribution >= 4 is 6.47 Å². The van der Waals surface area contributed by atoms with Crippen LogP contribution in [0.3, 0.4) is 0 Å². The Balaban J connectivity index is 0.000000217. The molecule has 0 aliphatic heterocycles. The van der Waals surface area contributed by atoms with Crippen LogP contribution in [-0.2, 0) is 9.53 Å². The molecule has 66 valence electrons. The first kappa shape index (κ1) is 10.6. The van der Waals surface area contributed by atoms with Crippen molar-refractivity contribution < 1.29 is 9.53 Å². The Morgan fingerprint density at radius 3 is 2.50 bits per heavy atom. The van der Waals surface area contributed by atoms with E-state index < -0.39 is 0 Å². The number of aryl methyl sites for hydroxylation is 1. The van der Waals surface area contributed by atoms with E-state index in [1.807, 2.05) is 25.1 Å². The molecule has 0 atom stereocenters. The fourth-order valence-electron chi connectivity index (χ4n) is 0.516. The molecule has 0 fully saturated rings. The van der Waals surface area contributed by atoms with Crippen molar-refractivity contribution in [2.24, 2.45) is 0 Å². The minimum Gasteiger partial charge on any atom is -0.468 e. The Bertz CT molecular complexity index is 199. The highest BCUT2D eigenvalue weighted by atomic mass is 16.5. The van der Waals surface area contributed by atoms with Gasteiger partial charge < -0.3 is 4.74 Å². The molecule has 3 nitrogen and oxygen atoms in total. The lowest BCUT2D eigenvalue weighted by Crippen LogP contribution is -1.80. The summed E-state index contributed by atoms with van der Waals surface area (Å²) >= 11 is 0. The summed E-state index contributed by atoms with van der Waals surface area (Å²) < 4.78 is 4.15. The number of aromatic nitrogens is 1. The number of carbonyl (C=O) groups excluding carboxylic acids is 1. The summed E-state index contributed by atoms with van der Waals surface area (Å²) in [6.07, 6.45) is 1.79. The van der Waals surface area contributed by atoms with Gasteiger partial charge in [-0.15, -0.1) is 0 Å². The smallest absolute Gasteiger partial charge is 0.293 e. The van der Waals surface area contributed by atoms with Crippen LogP contribution in [-0.4, -0.2) is 18.1 Å². The number of hydrogen-bond donors (Lipinski definition) is 0. The highest BCUT2D eigenvalue weighted by Crippen LogP contribution is 1.85. The van der Waals surface area contributed by atoms with Gasteiger partial charge in [0.05, 0.1) is 6.61 Å². The standard InChI is InChI=1S/C6H7N.C3H6O2/c1-6-4-2-3-5-7-6;1-2-5-3-4/h2-5H,1H3;3H,2H2,1H3. The maximum atomic E-state index is 9.18. The molecule has 1 rings (SSSR count). The average Bonchev–Trinajstić information content (AvgIpc) is 2.08. The van der Waals surface area contributed by atoms with Crippen LogP contribution < -0.4 is 0 Å². The van der Waals surface area contributed by atoms with Gasteiger partial charge in [0.25, 0.3) is 6.47 Å². The van der Waals surface area contributed by atoms with Crippen molar-refractivity contribution in [3.63, 3.8) is 0 Å². The second-order valence-corrected chi connectivity index (χ2v) is 2.02. The molecule has 0 saturated carbocycles. The van der Waals surface area contributed by atoms with Crippen LogP contribution in [0.5, 0.6) is 0 Å². The third kappa shape index (κ3) is 6.74. The van der Waals surface area contributed by atoms with Crippen molar-refractivity contribution in [3.8, 4) is 0 Å². The summed E-state index contributed by atoms with van der Waals surface area (Å²) in [4.78, 5) is 13.2. The molecule has 1 aromatic heterocycles. The molecule has 0 amide bonds. The first-order chi connectivity index (χ1) is 5.81. The fraction of sp³-hybridized carbons (Fsp3) is 0.333. The number of hydrogen-bond acceptors (Lipinski definition) is 3. The summed E-state index contributed by atoms with van der Waals surface area (Å²) in [6, 6.07) is 5.86. The third-order valence-corrected chi connectivity index (χ3v) is 1.05. The van der Waals surface area contributed by atoms with E-state index in [2.05, 4.69) is 9.72 Å². The summed E-state index contributed by atoms with van der Waals surface area (Å²) in [5.41, 5.74) is 1.07. The summed E-state index contributed by atoms with van der Waals surface area (Å²) in [5.74, 6) is 0. The summed E-state index contributed by atoms with van der Waals surface area (Å²) in [6.45, 7) is 4.64. The molecule has 0 saturated heterocycles. The largest absolute Gasteiger partial charge is 0.468 e. The van der Waals surface area contributed by atoms with E-state index in [0.717, 1.165) is 5.69 Å². The Morgan fingerprint density at radius 1 is 1.58 bits per heavy atom. The van der Waals surface area contributed by atoms with Crippen LogP contribution in [0.25, 0.3) is 0 Å². The maximum absolute atomic E-state index is 9.18. The number of ether oxygens (including phenoxy) is 1. The second-order valence-electron chi connectivity index (χ2n) is 2.02. The zero-order chi connectivity index (χ0) is 9.23. The predicted octanol–water partition coefficient (Wildman–Crippen LogP) is 1.57. The monoisotopic (exact) mass is 167 g/mol. The number of rotatable bonds is 2. The molecular weight excluding hydrogens is 154 g/mol. The molecule has 0 bridgehead atoms. The van der Waals surface area contributed by atoms with E-state index in [9.17, 15) is 4.79 Å². The minimum atomic E-state index is 0.431. The van der Waals surface area contributed by atoms with Gasteiger partial charge in [-0.1, -0.05) is 6.07 Å².